The lowest BCUT2D eigenvalue weighted by atomic mass is 10.1. The first kappa shape index (κ1) is 22.4. The number of pyridine rings is 1. The van der Waals surface area contributed by atoms with Crippen LogP contribution in [0.25, 0.3) is 0 Å². The van der Waals surface area contributed by atoms with Gasteiger partial charge in [-0.2, -0.15) is 13.2 Å². The summed E-state index contributed by atoms with van der Waals surface area (Å²) in [7, 11) is 1.56. The summed E-state index contributed by atoms with van der Waals surface area (Å²) < 4.78 is 50.6. The van der Waals surface area contributed by atoms with E-state index in [4.69, 9.17) is 9.47 Å². The molecular weight excluding hydrogens is 393 g/mol. The summed E-state index contributed by atoms with van der Waals surface area (Å²) in [6.07, 6.45) is -4.12. The Balaban J connectivity index is 2.03. The molecule has 10 heteroatoms. The van der Waals surface area contributed by atoms with Crippen molar-refractivity contribution >= 4 is 11.8 Å². The molecule has 0 saturated carbocycles. The molecule has 0 aliphatic heterocycles. The van der Waals surface area contributed by atoms with Crippen LogP contribution in [0.1, 0.15) is 27.3 Å². The van der Waals surface area contributed by atoms with Gasteiger partial charge in [-0.15, -0.1) is 0 Å². The second kappa shape index (κ2) is 9.08. The van der Waals surface area contributed by atoms with Crippen molar-refractivity contribution in [2.45, 2.75) is 33.1 Å². The quantitative estimate of drug-likeness (QED) is 0.490. The average Bonchev–Trinajstić information content (AvgIpc) is 2.93. The van der Waals surface area contributed by atoms with Crippen LogP contribution in [0.5, 0.6) is 0 Å². The van der Waals surface area contributed by atoms with E-state index >= 15 is 0 Å². The number of aromatic nitrogens is 2. The highest BCUT2D eigenvalue weighted by molar-refractivity contribution is 5.99. The number of alkyl halides is 3. The molecule has 0 bridgehead atoms. The molecule has 0 aliphatic carbocycles. The van der Waals surface area contributed by atoms with Crippen molar-refractivity contribution in [3.05, 3.63) is 57.3 Å². The topological polar surface area (TPSA) is 79.5 Å². The number of hydrogen-bond donors (Lipinski definition) is 0. The second-order valence-corrected chi connectivity index (χ2v) is 6.39. The van der Waals surface area contributed by atoms with Crippen LogP contribution < -0.4 is 5.56 Å². The smallest absolute Gasteiger partial charge is 0.417 e. The zero-order valence-electron chi connectivity index (χ0n) is 16.2. The number of rotatable bonds is 8. The summed E-state index contributed by atoms with van der Waals surface area (Å²) in [6, 6.07) is 3.02. The highest BCUT2D eigenvalue weighted by Crippen LogP contribution is 2.28. The predicted molar refractivity (Wildman–Crippen MR) is 96.8 cm³/mol. The zero-order valence-corrected chi connectivity index (χ0v) is 16.2. The Hall–Kier alpha value is -2.88. The van der Waals surface area contributed by atoms with Crippen LogP contribution in [-0.2, 0) is 33.5 Å². The third kappa shape index (κ3) is 5.57. The van der Waals surface area contributed by atoms with Gasteiger partial charge in [-0.3, -0.25) is 14.4 Å². The molecule has 0 aliphatic rings. The number of carbonyl (C=O) groups excluding carboxylic acids is 2. The fourth-order valence-corrected chi connectivity index (χ4v) is 2.84. The summed E-state index contributed by atoms with van der Waals surface area (Å²) in [4.78, 5) is 36.0. The Labute approximate surface area is 164 Å². The van der Waals surface area contributed by atoms with Gasteiger partial charge in [0.15, 0.2) is 6.61 Å². The molecule has 0 aromatic carbocycles. The molecule has 2 aromatic heterocycles. The molecule has 7 nitrogen and oxygen atoms in total. The predicted octanol–water partition coefficient (Wildman–Crippen LogP) is 2.36. The minimum atomic E-state index is -4.65. The van der Waals surface area contributed by atoms with Gasteiger partial charge < -0.3 is 18.6 Å². The molecule has 0 N–H and O–H groups in total. The van der Waals surface area contributed by atoms with Crippen molar-refractivity contribution < 1.29 is 32.2 Å². The van der Waals surface area contributed by atoms with Crippen molar-refractivity contribution in [1.29, 1.82) is 0 Å². The van der Waals surface area contributed by atoms with Crippen molar-refractivity contribution in [3.63, 3.8) is 0 Å². The van der Waals surface area contributed by atoms with Gasteiger partial charge in [0.05, 0.1) is 12.2 Å². The number of nitrogens with zero attached hydrogens (tertiary/aromatic N) is 2. The van der Waals surface area contributed by atoms with Gasteiger partial charge in [-0.05, 0) is 26.0 Å². The molecule has 0 unspecified atom stereocenters. The highest BCUT2D eigenvalue weighted by atomic mass is 19.4. The van der Waals surface area contributed by atoms with E-state index in [9.17, 15) is 27.6 Å². The molecule has 158 valence electrons. The summed E-state index contributed by atoms with van der Waals surface area (Å²) in [5.74, 6) is -1.44. The van der Waals surface area contributed by atoms with E-state index in [-0.39, 0.29) is 0 Å². The maximum atomic E-state index is 12.7. The van der Waals surface area contributed by atoms with Crippen LogP contribution in [-0.4, -0.2) is 41.2 Å². The van der Waals surface area contributed by atoms with Crippen LogP contribution in [0.3, 0.4) is 0 Å². The summed E-state index contributed by atoms with van der Waals surface area (Å²) >= 11 is 0. The first-order valence-corrected chi connectivity index (χ1v) is 8.66. The molecule has 0 atom stereocenters. The normalized spacial score (nSPS) is 11.5. The fraction of sp³-hybridized carbons (Fsp3) is 0.421. The molecule has 2 heterocycles. The van der Waals surface area contributed by atoms with Crippen LogP contribution in [0.4, 0.5) is 13.2 Å². The van der Waals surface area contributed by atoms with Crippen molar-refractivity contribution in [2.24, 2.45) is 0 Å². The molecule has 0 radical (unpaired) electrons. The largest absolute Gasteiger partial charge is 0.456 e. The van der Waals surface area contributed by atoms with Gasteiger partial charge in [0.25, 0.3) is 5.56 Å². The van der Waals surface area contributed by atoms with Gasteiger partial charge in [0, 0.05) is 42.9 Å². The molecule has 2 rings (SSSR count). The Bertz CT molecular complexity index is 960. The van der Waals surface area contributed by atoms with Crippen molar-refractivity contribution in [3.8, 4) is 0 Å². The lowest BCUT2D eigenvalue weighted by molar-refractivity contribution is -0.144. The minimum absolute atomic E-state index is 0.377. The molecule has 0 fully saturated rings. The second-order valence-electron chi connectivity index (χ2n) is 6.39. The first-order chi connectivity index (χ1) is 13.5. The molecule has 2 aromatic rings. The monoisotopic (exact) mass is 414 g/mol. The third-order valence-electron chi connectivity index (χ3n) is 4.37. The van der Waals surface area contributed by atoms with Crippen molar-refractivity contribution in [2.75, 3.05) is 20.3 Å². The maximum absolute atomic E-state index is 12.7. The molecule has 0 amide bonds. The number of esters is 1. The lowest BCUT2D eigenvalue weighted by Gasteiger charge is -2.11. The van der Waals surface area contributed by atoms with Gasteiger partial charge in [-0.1, -0.05) is 0 Å². The van der Waals surface area contributed by atoms with Gasteiger partial charge >= 0.3 is 12.1 Å². The highest BCUT2D eigenvalue weighted by Gasteiger charge is 2.31. The molecule has 0 spiro atoms. The summed E-state index contributed by atoms with van der Waals surface area (Å²) in [5.41, 5.74) is 0.0505. The molecule has 0 saturated heterocycles. The third-order valence-corrected chi connectivity index (χ3v) is 4.37. The van der Waals surface area contributed by atoms with Gasteiger partial charge in [0.2, 0.25) is 5.78 Å². The number of carbonyl (C=O) groups is 2. The number of ether oxygens (including phenoxy) is 2. The van der Waals surface area contributed by atoms with E-state index in [1.165, 1.54) is 0 Å². The van der Waals surface area contributed by atoms with Crippen LogP contribution >= 0.6 is 0 Å². The summed E-state index contributed by atoms with van der Waals surface area (Å²) in [6.45, 7) is 3.28. The van der Waals surface area contributed by atoms with Crippen LogP contribution in [0, 0.1) is 13.8 Å². The maximum Gasteiger partial charge on any atom is 0.417 e. The standard InChI is InChI=1S/C19H21F3N2O5/c1-12-8-15(13(2)24(12)6-7-28-3)16(25)11-29-18(27)10-23-9-14(19(20,21)22)4-5-17(23)26/h4-5,8-9H,6-7,10-11H2,1-3H3. The van der Waals surface area contributed by atoms with E-state index in [0.29, 0.717) is 41.2 Å². The fourth-order valence-electron chi connectivity index (χ4n) is 2.84. The van der Waals surface area contributed by atoms with Crippen molar-refractivity contribution in [1.82, 2.24) is 9.13 Å². The van der Waals surface area contributed by atoms with E-state index in [0.717, 1.165) is 11.8 Å². The molecule has 29 heavy (non-hydrogen) atoms. The first-order valence-electron chi connectivity index (χ1n) is 8.66. The Morgan fingerprint density at radius 3 is 2.48 bits per heavy atom. The number of ketones is 1. The number of hydrogen-bond acceptors (Lipinski definition) is 5. The lowest BCUT2D eigenvalue weighted by Crippen LogP contribution is -2.27. The minimum Gasteiger partial charge on any atom is -0.456 e. The Kier molecular flexibility index (Phi) is 7.02. The molecular formula is C19H21F3N2O5. The Morgan fingerprint density at radius 1 is 1.17 bits per heavy atom. The van der Waals surface area contributed by atoms with E-state index in [2.05, 4.69) is 0 Å². The van der Waals surface area contributed by atoms with Crippen LogP contribution in [0.15, 0.2) is 29.2 Å². The van der Waals surface area contributed by atoms with Crippen LogP contribution in [0.2, 0.25) is 0 Å². The SMILES string of the molecule is COCCn1c(C)cc(C(=O)COC(=O)Cn2cc(C(F)(F)F)ccc2=O)c1C. The Morgan fingerprint density at radius 2 is 1.86 bits per heavy atom. The van der Waals surface area contributed by atoms with Gasteiger partial charge in [0.1, 0.15) is 6.54 Å². The van der Waals surface area contributed by atoms with E-state index in [1.807, 2.05) is 11.5 Å². The number of methoxy groups -OCH3 is 1. The number of aryl methyl sites for hydroxylation is 1. The van der Waals surface area contributed by atoms with E-state index < -0.39 is 42.2 Å². The summed E-state index contributed by atoms with van der Waals surface area (Å²) in [5, 5.41) is 0. The van der Waals surface area contributed by atoms with E-state index in [1.54, 1.807) is 20.1 Å². The average molecular weight is 414 g/mol. The zero-order chi connectivity index (χ0) is 21.8. The van der Waals surface area contributed by atoms with Gasteiger partial charge in [-0.25, -0.2) is 0 Å². The number of Topliss-reactive ketones (excluding diaryl/α,β-unsaturated/α-hetero) is 1. The number of halogens is 3.